The Labute approximate surface area is 244 Å². The van der Waals surface area contributed by atoms with E-state index in [9.17, 15) is 4.79 Å². The monoisotopic (exact) mass is 542 g/mol. The Balaban J connectivity index is 1.13. The molecular weight excluding hydrogens is 500 g/mol. The number of aromatic nitrogens is 1. The quantitative estimate of drug-likeness (QED) is 0.224. The third kappa shape index (κ3) is 4.67. The first-order chi connectivity index (χ1) is 20.1. The van der Waals surface area contributed by atoms with Crippen LogP contribution in [0.15, 0.2) is 78.9 Å². The van der Waals surface area contributed by atoms with Crippen LogP contribution >= 0.6 is 0 Å². The van der Waals surface area contributed by atoms with E-state index in [2.05, 4.69) is 88.3 Å². The van der Waals surface area contributed by atoms with Crippen molar-refractivity contribution in [3.63, 3.8) is 0 Å². The summed E-state index contributed by atoms with van der Waals surface area (Å²) in [6.07, 6.45) is 11.3. The number of fused-ring (bicyclic) bond motifs is 3. The molecule has 3 nitrogen and oxygen atoms in total. The van der Waals surface area contributed by atoms with Crippen LogP contribution in [0.3, 0.4) is 0 Å². The molecule has 3 aromatic carbocycles. The smallest absolute Gasteiger partial charge is 0.179 e. The van der Waals surface area contributed by atoms with Gasteiger partial charge in [-0.2, -0.15) is 0 Å². The Morgan fingerprint density at radius 2 is 1.37 bits per heavy atom. The maximum Gasteiger partial charge on any atom is 0.179 e. The molecule has 41 heavy (non-hydrogen) atoms. The lowest BCUT2D eigenvalue weighted by Crippen LogP contribution is -2.48. The Bertz CT molecular complexity index is 1490. The summed E-state index contributed by atoms with van der Waals surface area (Å²) in [6.45, 7) is 3.56. The van der Waals surface area contributed by atoms with Crippen LogP contribution in [0.5, 0.6) is 0 Å². The minimum atomic E-state index is 0.344. The molecule has 0 aliphatic heterocycles. The van der Waals surface area contributed by atoms with E-state index in [1.54, 1.807) is 5.56 Å². The zero-order valence-electron chi connectivity index (χ0n) is 24.2. The van der Waals surface area contributed by atoms with E-state index in [1.165, 1.54) is 66.1 Å². The zero-order valence-corrected chi connectivity index (χ0v) is 24.2. The number of nitrogens with zero attached hydrogens (tertiary/aromatic N) is 2. The molecule has 5 aliphatic carbocycles. The molecule has 0 N–H and O–H groups in total. The first-order valence-electron chi connectivity index (χ1n) is 16.1. The van der Waals surface area contributed by atoms with Crippen LogP contribution in [-0.4, -0.2) is 21.8 Å². The van der Waals surface area contributed by atoms with Crippen molar-refractivity contribution in [2.75, 3.05) is 6.54 Å². The summed E-state index contributed by atoms with van der Waals surface area (Å²) in [5, 5.41) is 1.37. The summed E-state index contributed by atoms with van der Waals surface area (Å²) in [5.74, 6) is 3.17. The number of hydrogen-bond donors (Lipinski definition) is 0. The summed E-state index contributed by atoms with van der Waals surface area (Å²) in [5.41, 5.74) is 8.25. The number of carbonyl (C=O) groups is 1. The second-order valence-electron chi connectivity index (χ2n) is 13.9. The molecule has 4 fully saturated rings. The molecule has 0 spiro atoms. The highest BCUT2D eigenvalue weighted by atomic mass is 16.1. The van der Waals surface area contributed by atoms with Crippen LogP contribution in [0.2, 0.25) is 0 Å². The first kappa shape index (κ1) is 25.5. The van der Waals surface area contributed by atoms with E-state index < -0.39 is 0 Å². The molecule has 0 atom stereocenters. The number of benzene rings is 3. The van der Waals surface area contributed by atoms with Crippen molar-refractivity contribution < 1.29 is 4.79 Å². The van der Waals surface area contributed by atoms with Gasteiger partial charge in [-0.25, -0.2) is 0 Å². The topological polar surface area (TPSA) is 25.2 Å². The lowest BCUT2D eigenvalue weighted by Gasteiger charge is -2.57. The lowest BCUT2D eigenvalue weighted by molar-refractivity contribution is -0.00513. The fraction of sp³-hybridized carbons (Fsp3) is 0.447. The van der Waals surface area contributed by atoms with Crippen LogP contribution in [0.1, 0.15) is 84.1 Å². The molecule has 0 amide bonds. The summed E-state index contributed by atoms with van der Waals surface area (Å²) >= 11 is 0. The minimum absolute atomic E-state index is 0.344. The molecule has 210 valence electrons. The SMILES string of the molecule is O=C1CCCc2c1n(CCN(Cc1ccccc1)Cc1ccccc1)c1ccc(C34CC5CC(CC(C5)C3)C4)cc21. The van der Waals surface area contributed by atoms with Crippen LogP contribution in [0.4, 0.5) is 0 Å². The second kappa shape index (κ2) is 10.3. The largest absolute Gasteiger partial charge is 0.337 e. The van der Waals surface area contributed by atoms with Gasteiger partial charge in [-0.1, -0.05) is 66.7 Å². The van der Waals surface area contributed by atoms with E-state index in [0.717, 1.165) is 62.5 Å². The fourth-order valence-corrected chi connectivity index (χ4v) is 9.71. The Kier molecular flexibility index (Phi) is 6.40. The summed E-state index contributed by atoms with van der Waals surface area (Å²) in [7, 11) is 0. The maximum absolute atomic E-state index is 13.5. The standard InChI is InChI=1S/C38H42N2O/c41-36-13-7-12-33-34-21-32(38-22-29-18-30(23-38)20-31(19-29)24-38)14-15-35(34)40(37(33)36)17-16-39(25-27-8-3-1-4-9-27)26-28-10-5-2-6-11-28/h1-6,8-11,14-15,21,29-31H,7,12-13,16-20,22-26H2. The molecule has 0 saturated heterocycles. The van der Waals surface area contributed by atoms with Gasteiger partial charge < -0.3 is 4.57 Å². The van der Waals surface area contributed by atoms with Crippen LogP contribution in [0.25, 0.3) is 10.9 Å². The number of carbonyl (C=O) groups excluding carboxylic acids is 1. The Hall–Kier alpha value is -3.17. The molecule has 4 bridgehead atoms. The second-order valence-corrected chi connectivity index (χ2v) is 13.9. The molecular formula is C38H42N2O. The van der Waals surface area contributed by atoms with E-state index in [0.29, 0.717) is 17.6 Å². The molecule has 1 heterocycles. The van der Waals surface area contributed by atoms with Crippen molar-refractivity contribution in [2.24, 2.45) is 17.8 Å². The first-order valence-corrected chi connectivity index (χ1v) is 16.1. The van der Waals surface area contributed by atoms with Gasteiger partial charge >= 0.3 is 0 Å². The average Bonchev–Trinajstić information content (AvgIpc) is 3.30. The molecule has 5 aliphatic rings. The maximum atomic E-state index is 13.5. The van der Waals surface area contributed by atoms with Crippen molar-refractivity contribution in [1.82, 2.24) is 9.47 Å². The number of aryl methyl sites for hydroxylation is 1. The number of ketones is 1. The molecule has 1 aromatic heterocycles. The zero-order chi connectivity index (χ0) is 27.4. The summed E-state index contributed by atoms with van der Waals surface area (Å²) in [4.78, 5) is 16.0. The van der Waals surface area contributed by atoms with Gasteiger partial charge in [0.05, 0.1) is 5.69 Å². The van der Waals surface area contributed by atoms with Crippen molar-refractivity contribution in [1.29, 1.82) is 0 Å². The average molecular weight is 543 g/mol. The van der Waals surface area contributed by atoms with Gasteiger partial charge in [-0.05, 0) is 109 Å². The van der Waals surface area contributed by atoms with Crippen molar-refractivity contribution in [3.8, 4) is 0 Å². The fourth-order valence-electron chi connectivity index (χ4n) is 9.71. The van der Waals surface area contributed by atoms with Gasteiger partial charge in [0.25, 0.3) is 0 Å². The van der Waals surface area contributed by atoms with Gasteiger partial charge in [0.2, 0.25) is 0 Å². The van der Waals surface area contributed by atoms with Crippen LogP contribution < -0.4 is 0 Å². The van der Waals surface area contributed by atoms with Gasteiger partial charge in [-0.3, -0.25) is 9.69 Å². The van der Waals surface area contributed by atoms with Gasteiger partial charge in [-0.15, -0.1) is 0 Å². The normalized spacial score (nSPS) is 26.7. The van der Waals surface area contributed by atoms with Crippen molar-refractivity contribution in [2.45, 2.75) is 82.8 Å². The number of Topliss-reactive ketones (excluding diaryl/α,β-unsaturated/α-hetero) is 1. The minimum Gasteiger partial charge on any atom is -0.337 e. The molecule has 0 radical (unpaired) electrons. The van der Waals surface area contributed by atoms with Gasteiger partial charge in [0.1, 0.15) is 0 Å². The van der Waals surface area contributed by atoms with E-state index in [-0.39, 0.29) is 0 Å². The highest BCUT2D eigenvalue weighted by Crippen LogP contribution is 2.61. The van der Waals surface area contributed by atoms with E-state index in [4.69, 9.17) is 0 Å². The van der Waals surface area contributed by atoms with Gasteiger partial charge in [0, 0.05) is 43.5 Å². The molecule has 4 saturated carbocycles. The molecule has 0 unspecified atom stereocenters. The van der Waals surface area contributed by atoms with Crippen molar-refractivity contribution >= 4 is 16.7 Å². The molecule has 3 heteroatoms. The summed E-state index contributed by atoms with van der Waals surface area (Å²) < 4.78 is 2.40. The Morgan fingerprint density at radius 1 is 0.756 bits per heavy atom. The highest BCUT2D eigenvalue weighted by Gasteiger charge is 2.51. The predicted octanol–water partition coefficient (Wildman–Crippen LogP) is 8.33. The lowest BCUT2D eigenvalue weighted by atomic mass is 9.48. The molecule has 4 aromatic rings. The highest BCUT2D eigenvalue weighted by molar-refractivity contribution is 6.04. The predicted molar refractivity (Wildman–Crippen MR) is 166 cm³/mol. The molecule has 9 rings (SSSR count). The third-order valence-electron chi connectivity index (χ3n) is 11.1. The van der Waals surface area contributed by atoms with Crippen LogP contribution in [0, 0.1) is 17.8 Å². The Morgan fingerprint density at radius 3 is 1.98 bits per heavy atom. The van der Waals surface area contributed by atoms with E-state index in [1.807, 2.05) is 0 Å². The van der Waals surface area contributed by atoms with Gasteiger partial charge in [0.15, 0.2) is 5.78 Å². The van der Waals surface area contributed by atoms with E-state index >= 15 is 0 Å². The van der Waals surface area contributed by atoms with Crippen molar-refractivity contribution in [3.05, 3.63) is 107 Å². The summed E-state index contributed by atoms with van der Waals surface area (Å²) in [6, 6.07) is 29.0. The number of rotatable bonds is 8. The number of hydrogen-bond acceptors (Lipinski definition) is 2. The third-order valence-corrected chi connectivity index (χ3v) is 11.1. The van der Waals surface area contributed by atoms with Crippen LogP contribution in [-0.2, 0) is 31.5 Å².